The third kappa shape index (κ3) is 6.03. The summed E-state index contributed by atoms with van der Waals surface area (Å²) in [6, 6.07) is 11.4. The number of thiophene rings is 1. The molecule has 33 heavy (non-hydrogen) atoms. The lowest BCUT2D eigenvalue weighted by atomic mass is 9.80. The molecule has 2 aromatic rings. The number of aryl methyl sites for hydroxylation is 1. The van der Waals surface area contributed by atoms with Crippen molar-refractivity contribution in [2.45, 2.75) is 52.0 Å². The van der Waals surface area contributed by atoms with E-state index in [1.807, 2.05) is 55.0 Å². The highest BCUT2D eigenvalue weighted by atomic mass is 32.2. The lowest BCUT2D eigenvalue weighted by Crippen LogP contribution is -2.50. The Kier molecular flexibility index (Phi) is 7.64. The summed E-state index contributed by atoms with van der Waals surface area (Å²) in [5.41, 5.74) is 0.461. The second kappa shape index (κ2) is 10.1. The minimum Gasteiger partial charge on any atom is -0.494 e. The summed E-state index contributed by atoms with van der Waals surface area (Å²) in [4.78, 5) is 27.8. The van der Waals surface area contributed by atoms with E-state index >= 15 is 0 Å². The molecule has 0 saturated heterocycles. The van der Waals surface area contributed by atoms with Gasteiger partial charge in [-0.1, -0.05) is 32.4 Å². The lowest BCUT2D eigenvalue weighted by Gasteiger charge is -2.37. The van der Waals surface area contributed by atoms with Gasteiger partial charge in [-0.3, -0.25) is 9.59 Å². The van der Waals surface area contributed by atoms with Crippen LogP contribution in [0.3, 0.4) is 0 Å². The van der Waals surface area contributed by atoms with E-state index in [0.29, 0.717) is 18.6 Å². The SMILES string of the molecule is CCCCOc1ccc([C@]2(C)CC(c3ccc(CC)s3)=C(C(=O)NS(C)(=O)=O)C(=O)N2)cc1. The second-order valence-electron chi connectivity index (χ2n) is 8.37. The number of hydrogen-bond donors (Lipinski definition) is 2. The van der Waals surface area contributed by atoms with Gasteiger partial charge in [-0.05, 0) is 55.2 Å². The number of carbonyl (C=O) groups is 2. The molecular weight excluding hydrogens is 460 g/mol. The van der Waals surface area contributed by atoms with Crippen molar-refractivity contribution in [1.29, 1.82) is 0 Å². The molecule has 178 valence electrons. The van der Waals surface area contributed by atoms with E-state index in [4.69, 9.17) is 4.74 Å². The van der Waals surface area contributed by atoms with Crippen molar-refractivity contribution in [1.82, 2.24) is 10.0 Å². The van der Waals surface area contributed by atoms with E-state index < -0.39 is 27.4 Å². The zero-order valence-electron chi connectivity index (χ0n) is 19.4. The molecule has 0 fully saturated rings. The Morgan fingerprint density at radius 2 is 1.88 bits per heavy atom. The van der Waals surface area contributed by atoms with Gasteiger partial charge in [0.1, 0.15) is 11.3 Å². The van der Waals surface area contributed by atoms with Crippen molar-refractivity contribution < 1.29 is 22.7 Å². The Labute approximate surface area is 199 Å². The Balaban J connectivity index is 1.99. The first-order chi connectivity index (χ1) is 15.6. The summed E-state index contributed by atoms with van der Waals surface area (Å²) in [6.07, 6.45) is 4.08. The summed E-state index contributed by atoms with van der Waals surface area (Å²) in [5, 5.41) is 2.93. The summed E-state index contributed by atoms with van der Waals surface area (Å²) in [5.74, 6) is -0.763. The fourth-order valence-corrected chi connectivity index (χ4v) is 5.20. The number of nitrogens with one attached hydrogen (secondary N) is 2. The average molecular weight is 491 g/mol. The topological polar surface area (TPSA) is 102 Å². The van der Waals surface area contributed by atoms with Crippen molar-refractivity contribution in [3.8, 4) is 5.75 Å². The number of ether oxygens (including phenoxy) is 1. The second-order valence-corrected chi connectivity index (χ2v) is 11.3. The molecule has 0 radical (unpaired) electrons. The highest BCUT2D eigenvalue weighted by Crippen LogP contribution is 2.41. The van der Waals surface area contributed by atoms with E-state index in [9.17, 15) is 18.0 Å². The maximum Gasteiger partial charge on any atom is 0.270 e. The molecule has 7 nitrogen and oxygen atoms in total. The van der Waals surface area contributed by atoms with Crippen molar-refractivity contribution >= 4 is 38.7 Å². The largest absolute Gasteiger partial charge is 0.494 e. The van der Waals surface area contributed by atoms with Crippen LogP contribution in [0.5, 0.6) is 5.75 Å². The van der Waals surface area contributed by atoms with Gasteiger partial charge in [0.25, 0.3) is 11.8 Å². The van der Waals surface area contributed by atoms with Crippen LogP contribution in [-0.2, 0) is 31.6 Å². The first-order valence-corrected chi connectivity index (χ1v) is 13.7. The van der Waals surface area contributed by atoms with Crippen molar-refractivity contribution in [2.75, 3.05) is 12.9 Å². The van der Waals surface area contributed by atoms with Gasteiger partial charge < -0.3 is 10.1 Å². The molecular formula is C24H30N2O5S2. The maximum atomic E-state index is 13.2. The predicted molar refractivity (Wildman–Crippen MR) is 131 cm³/mol. The molecule has 1 aliphatic heterocycles. The van der Waals surface area contributed by atoms with Gasteiger partial charge in [0, 0.05) is 16.2 Å². The van der Waals surface area contributed by atoms with Crippen LogP contribution in [0.15, 0.2) is 42.0 Å². The predicted octanol–water partition coefficient (Wildman–Crippen LogP) is 3.75. The Morgan fingerprint density at radius 3 is 2.45 bits per heavy atom. The fraction of sp³-hybridized carbons (Fsp3) is 0.417. The minimum absolute atomic E-state index is 0.165. The molecule has 0 saturated carbocycles. The van der Waals surface area contributed by atoms with Gasteiger partial charge in [-0.2, -0.15) is 0 Å². The smallest absolute Gasteiger partial charge is 0.270 e. The summed E-state index contributed by atoms with van der Waals surface area (Å²) in [7, 11) is -3.82. The summed E-state index contributed by atoms with van der Waals surface area (Å²) < 4.78 is 31.0. The van der Waals surface area contributed by atoms with Crippen LogP contribution in [0, 0.1) is 0 Å². The zero-order chi connectivity index (χ0) is 24.2. The highest BCUT2D eigenvalue weighted by molar-refractivity contribution is 7.89. The van der Waals surface area contributed by atoms with Gasteiger partial charge in [0.2, 0.25) is 10.0 Å². The van der Waals surface area contributed by atoms with Crippen molar-refractivity contribution in [3.05, 3.63) is 57.3 Å². The maximum absolute atomic E-state index is 13.2. The van der Waals surface area contributed by atoms with E-state index in [-0.39, 0.29) is 5.57 Å². The van der Waals surface area contributed by atoms with Crippen molar-refractivity contribution in [3.63, 3.8) is 0 Å². The normalized spacial score (nSPS) is 18.7. The molecule has 2 N–H and O–H groups in total. The lowest BCUT2D eigenvalue weighted by molar-refractivity contribution is -0.124. The van der Waals surface area contributed by atoms with Crippen LogP contribution >= 0.6 is 11.3 Å². The van der Waals surface area contributed by atoms with Gasteiger partial charge in [0.15, 0.2) is 0 Å². The molecule has 1 atom stereocenters. The van der Waals surface area contributed by atoms with Crippen LogP contribution in [0.1, 0.15) is 55.4 Å². The van der Waals surface area contributed by atoms with Gasteiger partial charge in [-0.25, -0.2) is 13.1 Å². The Hall–Kier alpha value is -2.65. The molecule has 1 aromatic carbocycles. The van der Waals surface area contributed by atoms with E-state index in [1.54, 1.807) is 0 Å². The molecule has 0 bridgehead atoms. The van der Waals surface area contributed by atoms with E-state index in [0.717, 1.165) is 46.6 Å². The average Bonchev–Trinajstić information content (AvgIpc) is 3.22. The molecule has 0 spiro atoms. The first-order valence-electron chi connectivity index (χ1n) is 11.0. The quantitative estimate of drug-likeness (QED) is 0.412. The molecule has 3 rings (SSSR count). The standard InChI is InChI=1S/C24H30N2O5S2/c1-5-7-14-31-17-10-8-16(9-11-17)24(3)15-19(20-13-12-18(6-2)32-20)21(22(27)25-24)23(28)26-33(4,29)30/h8-13H,5-7,14-15H2,1-4H3,(H,25,27)(H,26,28)/t24-/m0/s1. The minimum atomic E-state index is -3.82. The first kappa shape index (κ1) is 25.0. The van der Waals surface area contributed by atoms with Crippen LogP contribution in [0.25, 0.3) is 5.57 Å². The zero-order valence-corrected chi connectivity index (χ0v) is 21.0. The van der Waals surface area contributed by atoms with Crippen molar-refractivity contribution in [2.24, 2.45) is 0 Å². The number of sulfonamides is 1. The molecule has 0 aliphatic carbocycles. The van der Waals surface area contributed by atoms with Crippen LogP contribution in [0.2, 0.25) is 0 Å². The highest BCUT2D eigenvalue weighted by Gasteiger charge is 2.40. The van der Waals surface area contributed by atoms with Gasteiger partial charge in [0.05, 0.1) is 18.4 Å². The number of hydrogen-bond acceptors (Lipinski definition) is 6. The van der Waals surface area contributed by atoms with Gasteiger partial charge >= 0.3 is 0 Å². The number of amides is 2. The van der Waals surface area contributed by atoms with Crippen LogP contribution in [0.4, 0.5) is 0 Å². The molecule has 1 aliphatic rings. The number of rotatable bonds is 9. The Morgan fingerprint density at radius 1 is 1.18 bits per heavy atom. The molecule has 9 heteroatoms. The third-order valence-corrected chi connectivity index (χ3v) is 7.36. The number of unbranched alkanes of at least 4 members (excludes halogenated alkanes) is 1. The van der Waals surface area contributed by atoms with Gasteiger partial charge in [-0.15, -0.1) is 11.3 Å². The summed E-state index contributed by atoms with van der Waals surface area (Å²) in [6.45, 7) is 6.68. The summed E-state index contributed by atoms with van der Waals surface area (Å²) >= 11 is 1.50. The molecule has 0 unspecified atom stereocenters. The van der Waals surface area contributed by atoms with Crippen LogP contribution < -0.4 is 14.8 Å². The molecule has 1 aromatic heterocycles. The third-order valence-electron chi connectivity index (χ3n) is 5.52. The molecule has 2 amide bonds. The molecule has 2 heterocycles. The van der Waals surface area contributed by atoms with Crippen LogP contribution in [-0.4, -0.2) is 33.1 Å². The number of benzene rings is 1. The van der Waals surface area contributed by atoms with E-state index in [1.165, 1.54) is 11.3 Å². The number of carbonyl (C=O) groups excluding carboxylic acids is 2. The monoisotopic (exact) mass is 490 g/mol. The Bertz CT molecular complexity index is 1170. The fourth-order valence-electron chi connectivity index (χ4n) is 3.76. The van der Waals surface area contributed by atoms with E-state index in [2.05, 4.69) is 12.2 Å².